The van der Waals surface area contributed by atoms with Crippen molar-refractivity contribution in [2.24, 2.45) is 0 Å². The molecule has 0 fully saturated rings. The summed E-state index contributed by atoms with van der Waals surface area (Å²) in [6.45, 7) is 4.03. The molecule has 5 heteroatoms. The Morgan fingerprint density at radius 1 is 1.20 bits per heavy atom. The van der Waals surface area contributed by atoms with Crippen LogP contribution < -0.4 is 0 Å². The van der Waals surface area contributed by atoms with Gasteiger partial charge in [-0.25, -0.2) is 15.0 Å². The summed E-state index contributed by atoms with van der Waals surface area (Å²) in [5.41, 5.74) is 2.83. The summed E-state index contributed by atoms with van der Waals surface area (Å²) in [5, 5.41) is 0.510. The molecule has 0 bridgehead atoms. The molecular formula is C15H15ClN4. The Bertz CT molecular complexity index is 764. The molecule has 0 aliphatic rings. The molecule has 0 atom stereocenters. The lowest BCUT2D eigenvalue weighted by Crippen LogP contribution is -2.06. The van der Waals surface area contributed by atoms with Crippen LogP contribution in [0.3, 0.4) is 0 Å². The number of benzene rings is 1. The van der Waals surface area contributed by atoms with Gasteiger partial charge in [0.2, 0.25) is 0 Å². The van der Waals surface area contributed by atoms with Crippen LogP contribution in [0.5, 0.6) is 0 Å². The second-order valence-corrected chi connectivity index (χ2v) is 5.09. The first kappa shape index (κ1) is 13.1. The van der Waals surface area contributed by atoms with Crippen LogP contribution in [0.2, 0.25) is 5.15 Å². The standard InChI is InChI=1S/C15H15ClN4/c1-3-6-13-18-14(16)10(2)15(19-13)20-9-17-11-7-4-5-8-12(11)20/h4-5,7-9H,3,6H2,1-2H3. The molecule has 0 saturated heterocycles. The van der Waals surface area contributed by atoms with Gasteiger partial charge in [0.15, 0.2) is 0 Å². The van der Waals surface area contributed by atoms with E-state index in [0.29, 0.717) is 5.15 Å². The van der Waals surface area contributed by atoms with Gasteiger partial charge in [0.25, 0.3) is 0 Å². The number of hydrogen-bond donors (Lipinski definition) is 0. The van der Waals surface area contributed by atoms with Crippen LogP contribution in [-0.4, -0.2) is 19.5 Å². The van der Waals surface area contributed by atoms with Gasteiger partial charge in [-0.15, -0.1) is 0 Å². The van der Waals surface area contributed by atoms with Gasteiger partial charge in [-0.3, -0.25) is 4.57 Å². The highest BCUT2D eigenvalue weighted by molar-refractivity contribution is 6.30. The number of halogens is 1. The van der Waals surface area contributed by atoms with Gasteiger partial charge in [0.05, 0.1) is 11.0 Å². The molecule has 4 nitrogen and oxygen atoms in total. The Hall–Kier alpha value is -1.94. The van der Waals surface area contributed by atoms with Crippen LogP contribution in [0, 0.1) is 6.92 Å². The highest BCUT2D eigenvalue weighted by atomic mass is 35.5. The smallest absolute Gasteiger partial charge is 0.146 e. The molecule has 0 amide bonds. The number of aryl methyl sites for hydroxylation is 1. The molecule has 102 valence electrons. The highest BCUT2D eigenvalue weighted by Crippen LogP contribution is 2.23. The van der Waals surface area contributed by atoms with Gasteiger partial charge < -0.3 is 0 Å². The lowest BCUT2D eigenvalue weighted by Gasteiger charge is -2.10. The fourth-order valence-electron chi connectivity index (χ4n) is 2.22. The summed E-state index contributed by atoms with van der Waals surface area (Å²) < 4.78 is 1.97. The van der Waals surface area contributed by atoms with E-state index >= 15 is 0 Å². The van der Waals surface area contributed by atoms with Crippen molar-refractivity contribution in [1.29, 1.82) is 0 Å². The van der Waals surface area contributed by atoms with Gasteiger partial charge >= 0.3 is 0 Å². The molecule has 1 aromatic carbocycles. The quantitative estimate of drug-likeness (QED) is 0.689. The zero-order valence-corrected chi connectivity index (χ0v) is 12.2. The van der Waals surface area contributed by atoms with Crippen LogP contribution in [0.1, 0.15) is 24.7 Å². The van der Waals surface area contributed by atoms with Crippen molar-refractivity contribution >= 4 is 22.6 Å². The molecular weight excluding hydrogens is 272 g/mol. The Kier molecular flexibility index (Phi) is 3.40. The van der Waals surface area contributed by atoms with Crippen molar-refractivity contribution in [1.82, 2.24) is 19.5 Å². The molecule has 3 rings (SSSR count). The lowest BCUT2D eigenvalue weighted by molar-refractivity contribution is 0.814. The summed E-state index contributed by atoms with van der Waals surface area (Å²) in [7, 11) is 0. The molecule has 0 radical (unpaired) electrons. The highest BCUT2D eigenvalue weighted by Gasteiger charge is 2.13. The van der Waals surface area contributed by atoms with Crippen molar-refractivity contribution in [3.8, 4) is 5.82 Å². The topological polar surface area (TPSA) is 43.6 Å². The minimum absolute atomic E-state index is 0.510. The predicted octanol–water partition coefficient (Wildman–Crippen LogP) is 3.73. The van der Waals surface area contributed by atoms with Crippen molar-refractivity contribution in [2.45, 2.75) is 26.7 Å². The Morgan fingerprint density at radius 3 is 2.80 bits per heavy atom. The number of para-hydroxylation sites is 2. The maximum absolute atomic E-state index is 6.24. The van der Waals surface area contributed by atoms with E-state index in [1.165, 1.54) is 0 Å². The molecule has 0 saturated carbocycles. The second-order valence-electron chi connectivity index (χ2n) is 4.73. The number of hydrogen-bond acceptors (Lipinski definition) is 3. The van der Waals surface area contributed by atoms with Gasteiger partial charge in [0.1, 0.15) is 23.1 Å². The zero-order chi connectivity index (χ0) is 14.1. The molecule has 0 N–H and O–H groups in total. The van der Waals surface area contributed by atoms with Gasteiger partial charge in [0, 0.05) is 12.0 Å². The number of nitrogens with zero attached hydrogens (tertiary/aromatic N) is 4. The summed E-state index contributed by atoms with van der Waals surface area (Å²) in [6, 6.07) is 7.97. The summed E-state index contributed by atoms with van der Waals surface area (Å²) in [5.74, 6) is 1.58. The van der Waals surface area contributed by atoms with Crippen molar-refractivity contribution < 1.29 is 0 Å². The van der Waals surface area contributed by atoms with E-state index in [1.807, 2.05) is 35.8 Å². The van der Waals surface area contributed by atoms with E-state index in [1.54, 1.807) is 6.33 Å². The Labute approximate surface area is 122 Å². The summed E-state index contributed by atoms with van der Waals surface area (Å²) >= 11 is 6.24. The van der Waals surface area contributed by atoms with E-state index in [0.717, 1.165) is 41.1 Å². The summed E-state index contributed by atoms with van der Waals surface area (Å²) in [4.78, 5) is 13.4. The maximum Gasteiger partial charge on any atom is 0.146 e. The molecule has 2 aromatic heterocycles. The number of fused-ring (bicyclic) bond motifs is 1. The maximum atomic E-state index is 6.24. The molecule has 0 unspecified atom stereocenters. The van der Waals surface area contributed by atoms with Gasteiger partial charge in [-0.05, 0) is 25.5 Å². The molecule has 0 spiro atoms. The largest absolute Gasteiger partial charge is 0.283 e. The van der Waals surface area contributed by atoms with Crippen LogP contribution in [0.25, 0.3) is 16.9 Å². The minimum atomic E-state index is 0.510. The second kappa shape index (κ2) is 5.21. The molecule has 0 aliphatic heterocycles. The first-order valence-corrected chi connectivity index (χ1v) is 7.04. The van der Waals surface area contributed by atoms with Crippen LogP contribution >= 0.6 is 11.6 Å². The lowest BCUT2D eigenvalue weighted by atomic mass is 10.2. The zero-order valence-electron chi connectivity index (χ0n) is 11.5. The van der Waals surface area contributed by atoms with Crippen molar-refractivity contribution in [2.75, 3.05) is 0 Å². The van der Waals surface area contributed by atoms with Crippen molar-refractivity contribution in [3.63, 3.8) is 0 Å². The minimum Gasteiger partial charge on any atom is -0.283 e. The van der Waals surface area contributed by atoms with E-state index in [-0.39, 0.29) is 0 Å². The monoisotopic (exact) mass is 286 g/mol. The van der Waals surface area contributed by atoms with Crippen LogP contribution in [0.4, 0.5) is 0 Å². The van der Waals surface area contributed by atoms with E-state index < -0.39 is 0 Å². The molecule has 20 heavy (non-hydrogen) atoms. The molecule has 0 aliphatic carbocycles. The van der Waals surface area contributed by atoms with Crippen molar-refractivity contribution in [3.05, 3.63) is 47.1 Å². The summed E-state index contributed by atoms with van der Waals surface area (Å²) in [6.07, 6.45) is 3.59. The first-order valence-electron chi connectivity index (χ1n) is 6.66. The number of rotatable bonds is 3. The predicted molar refractivity (Wildman–Crippen MR) is 80.4 cm³/mol. The molecule has 3 aromatic rings. The third kappa shape index (κ3) is 2.16. The SMILES string of the molecule is CCCc1nc(Cl)c(C)c(-n2cnc3ccccc32)n1. The fraction of sp³-hybridized carbons (Fsp3) is 0.267. The van der Waals surface area contributed by atoms with E-state index in [9.17, 15) is 0 Å². The average Bonchev–Trinajstić information content (AvgIpc) is 2.87. The van der Waals surface area contributed by atoms with Crippen LogP contribution in [0.15, 0.2) is 30.6 Å². The average molecular weight is 287 g/mol. The fourth-order valence-corrected chi connectivity index (χ4v) is 2.40. The van der Waals surface area contributed by atoms with E-state index in [2.05, 4.69) is 21.9 Å². The normalized spacial score (nSPS) is 11.2. The van der Waals surface area contributed by atoms with Gasteiger partial charge in [-0.1, -0.05) is 30.7 Å². The molecule has 2 heterocycles. The third-order valence-corrected chi connectivity index (χ3v) is 3.63. The van der Waals surface area contributed by atoms with E-state index in [4.69, 9.17) is 11.6 Å². The number of aromatic nitrogens is 4. The Balaban J connectivity index is 2.23. The van der Waals surface area contributed by atoms with Crippen LogP contribution in [-0.2, 0) is 6.42 Å². The third-order valence-electron chi connectivity index (χ3n) is 3.26. The Morgan fingerprint density at radius 2 is 2.00 bits per heavy atom. The number of imidazole rings is 1. The first-order chi connectivity index (χ1) is 9.70. The van der Waals surface area contributed by atoms with Gasteiger partial charge in [-0.2, -0.15) is 0 Å².